The summed E-state index contributed by atoms with van der Waals surface area (Å²) in [5, 5.41) is 7.06. The molecule has 3 aromatic rings. The summed E-state index contributed by atoms with van der Waals surface area (Å²) in [6.45, 7) is 0.340. The van der Waals surface area contributed by atoms with Crippen LogP contribution in [0.25, 0.3) is 11.0 Å². The number of hydrogen-bond donors (Lipinski definition) is 3. The third-order valence-corrected chi connectivity index (χ3v) is 7.04. The second-order valence-corrected chi connectivity index (χ2v) is 10.7. The van der Waals surface area contributed by atoms with E-state index in [-0.39, 0.29) is 17.6 Å². The van der Waals surface area contributed by atoms with Gasteiger partial charge in [0, 0.05) is 24.4 Å². The van der Waals surface area contributed by atoms with Gasteiger partial charge in [-0.05, 0) is 43.4 Å². The lowest BCUT2D eigenvalue weighted by Gasteiger charge is -2.22. The van der Waals surface area contributed by atoms with Gasteiger partial charge in [-0.1, -0.05) is 6.07 Å². The molecule has 0 aliphatic heterocycles. The molecule has 1 aromatic carbocycles. The van der Waals surface area contributed by atoms with Gasteiger partial charge in [0.05, 0.1) is 25.4 Å². The highest BCUT2D eigenvalue weighted by atomic mass is 32.2. The number of aryl methyl sites for hydroxylation is 1. The Balaban J connectivity index is 1.58. The van der Waals surface area contributed by atoms with Crippen molar-refractivity contribution in [3.63, 3.8) is 0 Å². The van der Waals surface area contributed by atoms with Crippen molar-refractivity contribution in [1.82, 2.24) is 20.3 Å². The zero-order valence-electron chi connectivity index (χ0n) is 19.5. The van der Waals surface area contributed by atoms with Crippen molar-refractivity contribution in [2.24, 2.45) is 5.92 Å². The summed E-state index contributed by atoms with van der Waals surface area (Å²) in [5.74, 6) is 1.61. The first-order valence-corrected chi connectivity index (χ1v) is 13.1. The highest BCUT2D eigenvalue weighted by Gasteiger charge is 2.29. The quantitative estimate of drug-likeness (QED) is 0.392. The number of amides is 1. The van der Waals surface area contributed by atoms with Gasteiger partial charge in [0.2, 0.25) is 5.91 Å². The van der Waals surface area contributed by atoms with Gasteiger partial charge in [-0.15, -0.1) is 0 Å². The molecule has 1 atom stereocenters. The molecule has 10 nitrogen and oxygen atoms in total. The van der Waals surface area contributed by atoms with E-state index in [1.54, 1.807) is 14.2 Å². The van der Waals surface area contributed by atoms with E-state index in [1.165, 1.54) is 12.6 Å². The number of benzene rings is 1. The largest absolute Gasteiger partial charge is 0.494 e. The lowest BCUT2D eigenvalue weighted by Crippen LogP contribution is -2.35. The summed E-state index contributed by atoms with van der Waals surface area (Å²) >= 11 is 0. The van der Waals surface area contributed by atoms with E-state index in [4.69, 9.17) is 9.47 Å². The monoisotopic (exact) mass is 487 g/mol. The second-order valence-electron chi connectivity index (χ2n) is 8.40. The molecular weight excluding hydrogens is 458 g/mol. The Hall–Kier alpha value is -3.34. The van der Waals surface area contributed by atoms with E-state index in [0.29, 0.717) is 60.9 Å². The highest BCUT2D eigenvalue weighted by molar-refractivity contribution is 7.90. The number of aromatic amines is 1. The number of rotatable bonds is 9. The van der Waals surface area contributed by atoms with Crippen LogP contribution in [0.2, 0.25) is 0 Å². The first-order valence-electron chi connectivity index (χ1n) is 11.1. The number of hydrogen-bond acceptors (Lipinski definition) is 8. The van der Waals surface area contributed by atoms with Gasteiger partial charge >= 0.3 is 0 Å². The number of nitrogens with zero attached hydrogens (tertiary/aromatic N) is 2. The van der Waals surface area contributed by atoms with Gasteiger partial charge in [0.1, 0.15) is 44.8 Å². The van der Waals surface area contributed by atoms with E-state index in [1.807, 2.05) is 18.2 Å². The first-order chi connectivity index (χ1) is 16.3. The topological polar surface area (TPSA) is 135 Å². The smallest absolute Gasteiger partial charge is 0.223 e. The Morgan fingerprint density at radius 3 is 2.62 bits per heavy atom. The number of anilines is 2. The fourth-order valence-corrected chi connectivity index (χ4v) is 5.01. The summed E-state index contributed by atoms with van der Waals surface area (Å²) in [7, 11) is 0.142. The normalized spacial score (nSPS) is 15.6. The van der Waals surface area contributed by atoms with Crippen LogP contribution in [0.1, 0.15) is 24.1 Å². The number of nitrogens with one attached hydrogen (secondary N) is 3. The summed E-state index contributed by atoms with van der Waals surface area (Å²) in [4.78, 5) is 25.0. The van der Waals surface area contributed by atoms with E-state index in [0.717, 1.165) is 16.6 Å². The van der Waals surface area contributed by atoms with E-state index >= 15 is 0 Å². The van der Waals surface area contributed by atoms with Crippen LogP contribution < -0.4 is 20.1 Å². The second kappa shape index (κ2) is 9.88. The average molecular weight is 488 g/mol. The van der Waals surface area contributed by atoms with Gasteiger partial charge in [-0.25, -0.2) is 18.4 Å². The van der Waals surface area contributed by atoms with Gasteiger partial charge in [-0.3, -0.25) is 4.79 Å². The molecule has 1 amide bonds. The molecule has 3 N–H and O–H groups in total. The molecule has 0 radical (unpaired) electrons. The van der Waals surface area contributed by atoms with Crippen LogP contribution >= 0.6 is 0 Å². The predicted octanol–water partition coefficient (Wildman–Crippen LogP) is 2.37. The first kappa shape index (κ1) is 23.8. The Labute approximate surface area is 198 Å². The fraction of sp³-hybridized carbons (Fsp3) is 0.435. The van der Waals surface area contributed by atoms with Crippen molar-refractivity contribution >= 4 is 38.3 Å². The van der Waals surface area contributed by atoms with E-state index < -0.39 is 9.84 Å². The molecule has 1 unspecified atom stereocenters. The number of para-hydroxylation sites is 1. The Morgan fingerprint density at radius 1 is 1.21 bits per heavy atom. The minimum absolute atomic E-state index is 0.0589. The molecule has 182 valence electrons. The lowest BCUT2D eigenvalue weighted by molar-refractivity contribution is -0.125. The van der Waals surface area contributed by atoms with Gasteiger partial charge < -0.3 is 25.1 Å². The van der Waals surface area contributed by atoms with Crippen LogP contribution in [0.5, 0.6) is 11.5 Å². The van der Waals surface area contributed by atoms with E-state index in [9.17, 15) is 13.2 Å². The summed E-state index contributed by atoms with van der Waals surface area (Å²) < 4.78 is 33.6. The zero-order valence-corrected chi connectivity index (χ0v) is 20.3. The molecule has 0 fully saturated rings. The maximum absolute atomic E-state index is 12.8. The van der Waals surface area contributed by atoms with Crippen molar-refractivity contribution < 1.29 is 22.7 Å². The standard InChI is InChI=1S/C23H29N5O5S/c1-32-17-6-4-7-18(33-2)20(17)28-22-19-15-12-14(23(29)24-10-5-11-34(3,30)31)8-9-16(15)27-21(19)25-13-26-22/h4,6-7,13-14H,5,8-12H2,1-3H3,(H,24,29)(H2,25,26,27,28). The molecule has 34 heavy (non-hydrogen) atoms. The summed E-state index contributed by atoms with van der Waals surface area (Å²) in [6, 6.07) is 5.51. The number of sulfone groups is 1. The molecule has 0 saturated carbocycles. The number of ether oxygens (including phenoxy) is 2. The van der Waals surface area contributed by atoms with Crippen LogP contribution in [-0.2, 0) is 27.5 Å². The maximum atomic E-state index is 12.8. The predicted molar refractivity (Wildman–Crippen MR) is 130 cm³/mol. The molecule has 0 bridgehead atoms. The lowest BCUT2D eigenvalue weighted by atomic mass is 9.86. The third kappa shape index (κ3) is 5.09. The van der Waals surface area contributed by atoms with Crippen LogP contribution in [0, 0.1) is 5.92 Å². The number of fused-ring (bicyclic) bond motifs is 3. The van der Waals surface area contributed by atoms with E-state index in [2.05, 4.69) is 25.6 Å². The van der Waals surface area contributed by atoms with Crippen LogP contribution in [0.15, 0.2) is 24.5 Å². The van der Waals surface area contributed by atoms with Crippen LogP contribution in [-0.4, -0.2) is 62.0 Å². The number of H-pyrrole nitrogens is 1. The number of carbonyl (C=O) groups is 1. The highest BCUT2D eigenvalue weighted by Crippen LogP contribution is 2.40. The van der Waals surface area contributed by atoms with Gasteiger partial charge in [-0.2, -0.15) is 0 Å². The molecule has 1 aliphatic carbocycles. The van der Waals surface area contributed by atoms with Gasteiger partial charge in [0.15, 0.2) is 0 Å². The Kier molecular flexibility index (Phi) is 6.92. The Morgan fingerprint density at radius 2 is 1.94 bits per heavy atom. The molecular formula is C23H29N5O5S. The molecule has 0 saturated heterocycles. The zero-order chi connectivity index (χ0) is 24.3. The molecule has 11 heteroatoms. The number of methoxy groups -OCH3 is 2. The van der Waals surface area contributed by atoms with Crippen molar-refractivity contribution in [2.45, 2.75) is 25.7 Å². The number of aromatic nitrogens is 3. The summed E-state index contributed by atoms with van der Waals surface area (Å²) in [5.41, 5.74) is 3.41. The third-order valence-electron chi connectivity index (χ3n) is 6.01. The fourth-order valence-electron chi connectivity index (χ4n) is 4.34. The molecule has 4 rings (SSSR count). The number of carbonyl (C=O) groups excluding carboxylic acids is 1. The summed E-state index contributed by atoms with van der Waals surface area (Å²) in [6.07, 6.45) is 5.04. The molecule has 1 aliphatic rings. The SMILES string of the molecule is COc1cccc(OC)c1Nc1ncnc2[nH]c3c(c12)CC(C(=O)NCCCS(C)(=O)=O)CC3. The average Bonchev–Trinajstić information content (AvgIpc) is 3.20. The van der Waals surface area contributed by atoms with Crippen molar-refractivity contribution in [3.8, 4) is 11.5 Å². The van der Waals surface area contributed by atoms with Crippen LogP contribution in [0.4, 0.5) is 11.5 Å². The maximum Gasteiger partial charge on any atom is 0.223 e. The molecule has 2 aromatic heterocycles. The molecule has 0 spiro atoms. The van der Waals surface area contributed by atoms with Gasteiger partial charge in [0.25, 0.3) is 0 Å². The van der Waals surface area contributed by atoms with Crippen LogP contribution in [0.3, 0.4) is 0 Å². The van der Waals surface area contributed by atoms with Crippen molar-refractivity contribution in [2.75, 3.05) is 38.1 Å². The van der Waals surface area contributed by atoms with Crippen molar-refractivity contribution in [1.29, 1.82) is 0 Å². The van der Waals surface area contributed by atoms with Crippen molar-refractivity contribution in [3.05, 3.63) is 35.8 Å². The Bertz CT molecular complexity index is 1280. The minimum Gasteiger partial charge on any atom is -0.494 e. The molecule has 2 heterocycles. The minimum atomic E-state index is -3.04.